The number of para-hydroxylation sites is 1. The molecule has 2 rings (SSSR count). The Kier molecular flexibility index (Phi) is 4.26. The van der Waals surface area contributed by atoms with Gasteiger partial charge in [0, 0.05) is 6.04 Å². The summed E-state index contributed by atoms with van der Waals surface area (Å²) in [6.45, 7) is 1.93. The van der Waals surface area contributed by atoms with Crippen LogP contribution in [0.25, 0.3) is 0 Å². The molecule has 1 atom stereocenters. The summed E-state index contributed by atoms with van der Waals surface area (Å²) in [5.41, 5.74) is 2.20. The molecule has 0 saturated carbocycles. The van der Waals surface area contributed by atoms with Crippen LogP contribution in [-0.4, -0.2) is 8.42 Å². The van der Waals surface area contributed by atoms with Gasteiger partial charge in [0.2, 0.25) is 10.0 Å². The van der Waals surface area contributed by atoms with Gasteiger partial charge in [-0.3, -0.25) is 0 Å². The number of hydrogen-bond donors (Lipinski definition) is 2. The second-order valence-corrected chi connectivity index (χ2v) is 6.20. The average molecular weight is 301 g/mol. The van der Waals surface area contributed by atoms with Gasteiger partial charge in [-0.2, -0.15) is 5.26 Å². The predicted octanol–water partition coefficient (Wildman–Crippen LogP) is 2.38. The van der Waals surface area contributed by atoms with Crippen LogP contribution in [0.4, 0.5) is 5.69 Å². The van der Waals surface area contributed by atoms with Crippen LogP contribution >= 0.6 is 0 Å². The summed E-state index contributed by atoms with van der Waals surface area (Å²) in [5, 5.41) is 17.4. The molecule has 0 saturated heterocycles. The lowest BCUT2D eigenvalue weighted by Crippen LogP contribution is -2.13. The Bertz CT molecular complexity index is 777. The summed E-state index contributed by atoms with van der Waals surface area (Å²) < 4.78 is 22.4. The molecule has 5 nitrogen and oxygen atoms in total. The smallest absolute Gasteiger partial charge is 0.238 e. The summed E-state index contributed by atoms with van der Waals surface area (Å²) in [6.07, 6.45) is 0. The van der Waals surface area contributed by atoms with Gasteiger partial charge in [0.25, 0.3) is 0 Å². The Hall–Kier alpha value is -2.36. The van der Waals surface area contributed by atoms with Crippen molar-refractivity contribution in [2.75, 3.05) is 5.32 Å². The van der Waals surface area contributed by atoms with E-state index in [1.54, 1.807) is 24.3 Å². The number of nitrogens with zero attached hydrogens (tertiary/aromatic N) is 1. The van der Waals surface area contributed by atoms with Crippen molar-refractivity contribution in [3.05, 3.63) is 59.7 Å². The van der Waals surface area contributed by atoms with E-state index < -0.39 is 10.0 Å². The molecule has 0 aliphatic rings. The zero-order chi connectivity index (χ0) is 15.5. The van der Waals surface area contributed by atoms with E-state index >= 15 is 0 Å². The lowest BCUT2D eigenvalue weighted by atomic mass is 10.1. The largest absolute Gasteiger partial charge is 0.377 e. The van der Waals surface area contributed by atoms with Crippen LogP contribution in [0.1, 0.15) is 24.1 Å². The van der Waals surface area contributed by atoms with Gasteiger partial charge < -0.3 is 5.32 Å². The summed E-state index contributed by atoms with van der Waals surface area (Å²) in [4.78, 5) is 0.0795. The van der Waals surface area contributed by atoms with Gasteiger partial charge >= 0.3 is 0 Å². The third-order valence-corrected chi connectivity index (χ3v) is 4.06. The topological polar surface area (TPSA) is 96.0 Å². The fourth-order valence-corrected chi connectivity index (χ4v) is 2.48. The number of rotatable bonds is 4. The van der Waals surface area contributed by atoms with Crippen molar-refractivity contribution in [2.24, 2.45) is 5.14 Å². The number of sulfonamides is 1. The number of benzene rings is 2. The average Bonchev–Trinajstić information content (AvgIpc) is 2.47. The van der Waals surface area contributed by atoms with Crippen LogP contribution in [-0.2, 0) is 10.0 Å². The van der Waals surface area contributed by atoms with E-state index in [0.29, 0.717) is 5.56 Å². The number of hydrogen-bond acceptors (Lipinski definition) is 4. The summed E-state index contributed by atoms with van der Waals surface area (Å²) in [6, 6.07) is 15.6. The number of nitrogens with two attached hydrogens (primary N) is 1. The second kappa shape index (κ2) is 5.95. The van der Waals surface area contributed by atoms with Crippen molar-refractivity contribution in [2.45, 2.75) is 17.9 Å². The van der Waals surface area contributed by atoms with E-state index in [2.05, 4.69) is 11.4 Å². The Balaban J connectivity index is 2.21. The minimum absolute atomic E-state index is 0.0750. The van der Waals surface area contributed by atoms with Gasteiger partial charge in [0.15, 0.2) is 0 Å². The van der Waals surface area contributed by atoms with Gasteiger partial charge in [0.05, 0.1) is 16.1 Å². The summed E-state index contributed by atoms with van der Waals surface area (Å²) in [5.74, 6) is 0. The van der Waals surface area contributed by atoms with Gasteiger partial charge in [-0.05, 0) is 36.8 Å². The molecule has 1 unspecified atom stereocenters. The molecule has 0 aliphatic carbocycles. The van der Waals surface area contributed by atoms with Gasteiger partial charge in [0.1, 0.15) is 6.07 Å². The number of anilines is 1. The molecule has 3 N–H and O–H groups in total. The van der Waals surface area contributed by atoms with Crippen LogP contribution in [0, 0.1) is 11.3 Å². The Morgan fingerprint density at radius 2 is 1.76 bits per heavy atom. The standard InChI is InChI=1S/C15H15N3O2S/c1-11(18-15-5-3-2-4-13(15)10-16)12-6-8-14(9-7-12)21(17,19)20/h2-9,11,18H,1H3,(H2,17,19,20). The maximum absolute atomic E-state index is 11.2. The molecule has 0 heterocycles. The first-order valence-corrected chi connectivity index (χ1v) is 7.85. The van der Waals surface area contributed by atoms with E-state index in [1.165, 1.54) is 12.1 Å². The monoisotopic (exact) mass is 301 g/mol. The van der Waals surface area contributed by atoms with Crippen LogP contribution in [0.5, 0.6) is 0 Å². The van der Waals surface area contributed by atoms with Crippen LogP contribution in [0.15, 0.2) is 53.4 Å². The fraction of sp³-hybridized carbons (Fsp3) is 0.133. The minimum atomic E-state index is -3.68. The first kappa shape index (κ1) is 15.0. The van der Waals surface area contributed by atoms with Crippen molar-refractivity contribution < 1.29 is 8.42 Å². The third-order valence-electron chi connectivity index (χ3n) is 3.13. The quantitative estimate of drug-likeness (QED) is 0.906. The SMILES string of the molecule is CC(Nc1ccccc1C#N)c1ccc(S(N)(=O)=O)cc1. The predicted molar refractivity (Wildman–Crippen MR) is 81.0 cm³/mol. The molecular weight excluding hydrogens is 286 g/mol. The Morgan fingerprint density at radius 3 is 2.33 bits per heavy atom. The minimum Gasteiger partial charge on any atom is -0.377 e. The van der Waals surface area contributed by atoms with Crippen molar-refractivity contribution >= 4 is 15.7 Å². The number of primary sulfonamides is 1. The molecule has 0 radical (unpaired) electrons. The molecule has 0 fully saturated rings. The lowest BCUT2D eigenvalue weighted by Gasteiger charge is -2.16. The highest BCUT2D eigenvalue weighted by Crippen LogP contribution is 2.22. The zero-order valence-electron chi connectivity index (χ0n) is 11.4. The van der Waals surface area contributed by atoms with Crippen molar-refractivity contribution in [1.29, 1.82) is 5.26 Å². The number of nitrogens with one attached hydrogen (secondary N) is 1. The van der Waals surface area contributed by atoms with Gasteiger partial charge in [-0.25, -0.2) is 13.6 Å². The summed E-state index contributed by atoms with van der Waals surface area (Å²) >= 11 is 0. The molecule has 108 valence electrons. The fourth-order valence-electron chi connectivity index (χ4n) is 1.97. The van der Waals surface area contributed by atoms with Gasteiger partial charge in [-0.1, -0.05) is 24.3 Å². The number of nitriles is 1. The highest BCUT2D eigenvalue weighted by atomic mass is 32.2. The molecule has 6 heteroatoms. The molecule has 0 bridgehead atoms. The highest BCUT2D eigenvalue weighted by molar-refractivity contribution is 7.89. The molecule has 21 heavy (non-hydrogen) atoms. The van der Waals surface area contributed by atoms with Crippen molar-refractivity contribution in [1.82, 2.24) is 0 Å². The normalized spacial score (nSPS) is 12.4. The Labute approximate surface area is 124 Å². The molecule has 0 aromatic heterocycles. The van der Waals surface area contributed by atoms with Crippen molar-refractivity contribution in [3.8, 4) is 6.07 Å². The van der Waals surface area contributed by atoms with E-state index in [1.807, 2.05) is 19.1 Å². The maximum Gasteiger partial charge on any atom is 0.238 e. The summed E-state index contributed by atoms with van der Waals surface area (Å²) in [7, 11) is -3.68. The lowest BCUT2D eigenvalue weighted by molar-refractivity contribution is 0.597. The molecule has 2 aromatic rings. The van der Waals surface area contributed by atoms with E-state index in [0.717, 1.165) is 11.3 Å². The maximum atomic E-state index is 11.2. The second-order valence-electron chi connectivity index (χ2n) is 4.64. The first-order chi connectivity index (χ1) is 9.91. The first-order valence-electron chi connectivity index (χ1n) is 6.30. The highest BCUT2D eigenvalue weighted by Gasteiger charge is 2.11. The van der Waals surface area contributed by atoms with Crippen LogP contribution < -0.4 is 10.5 Å². The third kappa shape index (κ3) is 3.60. The molecule has 0 amide bonds. The molecular formula is C15H15N3O2S. The van der Waals surface area contributed by atoms with E-state index in [-0.39, 0.29) is 10.9 Å². The van der Waals surface area contributed by atoms with Crippen molar-refractivity contribution in [3.63, 3.8) is 0 Å². The molecule has 2 aromatic carbocycles. The van der Waals surface area contributed by atoms with Crippen LogP contribution in [0.3, 0.4) is 0 Å². The van der Waals surface area contributed by atoms with E-state index in [9.17, 15) is 8.42 Å². The molecule has 0 spiro atoms. The van der Waals surface area contributed by atoms with Crippen LogP contribution in [0.2, 0.25) is 0 Å². The molecule has 0 aliphatic heterocycles. The zero-order valence-corrected chi connectivity index (χ0v) is 12.3. The van der Waals surface area contributed by atoms with E-state index in [4.69, 9.17) is 10.4 Å². The Morgan fingerprint density at radius 1 is 1.14 bits per heavy atom. The van der Waals surface area contributed by atoms with Gasteiger partial charge in [-0.15, -0.1) is 0 Å².